The van der Waals surface area contributed by atoms with Crippen LogP contribution in [0.2, 0.25) is 5.82 Å². The smallest absolute Gasteiger partial charge is 0.403 e. The van der Waals surface area contributed by atoms with Crippen molar-refractivity contribution in [3.63, 3.8) is 0 Å². The van der Waals surface area contributed by atoms with E-state index in [1.165, 1.54) is 6.42 Å². The Labute approximate surface area is 117 Å². The van der Waals surface area contributed by atoms with Crippen molar-refractivity contribution < 1.29 is 14.1 Å². The highest BCUT2D eigenvalue weighted by Gasteiger charge is 2.55. The molecule has 2 aliphatic rings. The fourth-order valence-corrected chi connectivity index (χ4v) is 3.20. The molecule has 4 heteroatoms. The zero-order valence-electron chi connectivity index (χ0n) is 13.0. The second-order valence-corrected chi connectivity index (χ2v) is 7.12. The van der Waals surface area contributed by atoms with Gasteiger partial charge in [0.05, 0.1) is 11.2 Å². The molecule has 108 valence electrons. The van der Waals surface area contributed by atoms with Crippen LogP contribution < -0.4 is 0 Å². The van der Waals surface area contributed by atoms with E-state index in [-0.39, 0.29) is 24.1 Å². The Balaban J connectivity index is 2.13. The summed E-state index contributed by atoms with van der Waals surface area (Å²) < 4.78 is 12.3. The lowest BCUT2D eigenvalue weighted by atomic mass is 9.58. The molecule has 19 heavy (non-hydrogen) atoms. The van der Waals surface area contributed by atoms with Gasteiger partial charge >= 0.3 is 7.12 Å². The molecule has 2 rings (SSSR count). The quantitative estimate of drug-likeness (QED) is 0.732. The van der Waals surface area contributed by atoms with Crippen LogP contribution in [-0.2, 0) is 14.1 Å². The van der Waals surface area contributed by atoms with Crippen LogP contribution in [0.5, 0.6) is 0 Å². The van der Waals surface area contributed by atoms with Gasteiger partial charge in [0.25, 0.3) is 0 Å². The summed E-state index contributed by atoms with van der Waals surface area (Å²) in [4.78, 5) is 11.8. The largest absolute Gasteiger partial charge is 0.461 e. The molecule has 0 aromatic rings. The van der Waals surface area contributed by atoms with Gasteiger partial charge in [0.2, 0.25) is 0 Å². The van der Waals surface area contributed by atoms with Crippen molar-refractivity contribution in [2.75, 3.05) is 0 Å². The summed E-state index contributed by atoms with van der Waals surface area (Å²) in [6.45, 7) is 10.5. The Bertz CT molecular complexity index is 335. The molecule has 1 saturated carbocycles. The molecule has 3 nitrogen and oxygen atoms in total. The van der Waals surface area contributed by atoms with Crippen molar-refractivity contribution >= 4 is 12.9 Å². The maximum absolute atomic E-state index is 11.8. The Morgan fingerprint density at radius 3 is 2.32 bits per heavy atom. The van der Waals surface area contributed by atoms with Gasteiger partial charge in [-0.3, -0.25) is 4.79 Å². The first-order chi connectivity index (χ1) is 8.77. The predicted octanol–water partition coefficient (Wildman–Crippen LogP) is 3.62. The van der Waals surface area contributed by atoms with Crippen molar-refractivity contribution in [1.29, 1.82) is 0 Å². The minimum absolute atomic E-state index is 0.217. The third-order valence-electron chi connectivity index (χ3n) is 5.14. The fraction of sp³-hybridized carbons (Fsp3) is 0.933. The van der Waals surface area contributed by atoms with E-state index in [9.17, 15) is 4.79 Å². The monoisotopic (exact) mass is 266 g/mol. The molecular formula is C15H27BO3. The molecule has 2 atom stereocenters. The minimum Gasteiger partial charge on any atom is -0.403 e. The van der Waals surface area contributed by atoms with Gasteiger partial charge in [0.15, 0.2) is 0 Å². The Morgan fingerprint density at radius 2 is 1.79 bits per heavy atom. The van der Waals surface area contributed by atoms with Gasteiger partial charge in [0, 0.05) is 18.7 Å². The second-order valence-electron chi connectivity index (χ2n) is 7.12. The maximum atomic E-state index is 11.8. The van der Waals surface area contributed by atoms with Crippen LogP contribution in [0, 0.1) is 5.92 Å². The van der Waals surface area contributed by atoms with Crippen LogP contribution in [0.1, 0.15) is 66.7 Å². The highest BCUT2D eigenvalue weighted by molar-refractivity contribution is 6.48. The third-order valence-corrected chi connectivity index (χ3v) is 5.14. The van der Waals surface area contributed by atoms with E-state index < -0.39 is 0 Å². The Hall–Kier alpha value is -0.345. The van der Waals surface area contributed by atoms with Gasteiger partial charge in [-0.05, 0) is 40.0 Å². The third kappa shape index (κ3) is 2.90. The van der Waals surface area contributed by atoms with Gasteiger partial charge < -0.3 is 9.31 Å². The maximum Gasteiger partial charge on any atom is 0.461 e. The summed E-state index contributed by atoms with van der Waals surface area (Å²) in [5.74, 6) is 1.17. The number of hydrogen-bond acceptors (Lipinski definition) is 3. The summed E-state index contributed by atoms with van der Waals surface area (Å²) in [5.41, 5.74) is -0.593. The number of hydrogen-bond donors (Lipinski definition) is 0. The Kier molecular flexibility index (Phi) is 4.13. The van der Waals surface area contributed by atoms with E-state index in [1.54, 1.807) is 0 Å². The normalized spacial score (nSPS) is 33.7. The Morgan fingerprint density at radius 1 is 1.21 bits per heavy atom. The molecule has 2 unspecified atom stereocenters. The molecule has 1 aliphatic heterocycles. The van der Waals surface area contributed by atoms with Gasteiger partial charge in [-0.15, -0.1) is 0 Å². The number of ketones is 1. The minimum atomic E-state index is -0.297. The molecular weight excluding hydrogens is 239 g/mol. The molecule has 1 heterocycles. The first kappa shape index (κ1) is 15.1. The lowest BCUT2D eigenvalue weighted by molar-refractivity contribution is -0.121. The topological polar surface area (TPSA) is 35.5 Å². The van der Waals surface area contributed by atoms with E-state index in [0.717, 1.165) is 19.3 Å². The molecule has 0 spiro atoms. The van der Waals surface area contributed by atoms with Crippen LogP contribution in [0.15, 0.2) is 0 Å². The van der Waals surface area contributed by atoms with Crippen LogP contribution in [0.4, 0.5) is 0 Å². The van der Waals surface area contributed by atoms with Crippen molar-refractivity contribution in [2.45, 2.75) is 83.7 Å². The molecule has 0 aromatic heterocycles. The van der Waals surface area contributed by atoms with Crippen LogP contribution in [0.3, 0.4) is 0 Å². The standard InChI is InChI=1S/C15H27BO3/c1-6-7-11-8-9-12(17)10-13(11)16-18-14(2,3)15(4,5)19-16/h11,13H,6-10H2,1-5H3. The predicted molar refractivity (Wildman–Crippen MR) is 77.1 cm³/mol. The lowest BCUT2D eigenvalue weighted by Gasteiger charge is -2.32. The molecule has 0 N–H and O–H groups in total. The van der Waals surface area contributed by atoms with Crippen LogP contribution >= 0.6 is 0 Å². The van der Waals surface area contributed by atoms with E-state index in [1.807, 2.05) is 0 Å². The zero-order chi connectivity index (χ0) is 14.3. The molecule has 0 aromatic carbocycles. The van der Waals surface area contributed by atoms with Gasteiger partial charge in [-0.1, -0.05) is 19.8 Å². The average Bonchev–Trinajstić information content (AvgIpc) is 2.51. The molecule has 2 fully saturated rings. The summed E-state index contributed by atoms with van der Waals surface area (Å²) in [7, 11) is -0.217. The highest BCUT2D eigenvalue weighted by Crippen LogP contribution is 2.46. The number of rotatable bonds is 3. The number of carbonyl (C=O) groups is 1. The van der Waals surface area contributed by atoms with Gasteiger partial charge in [-0.2, -0.15) is 0 Å². The van der Waals surface area contributed by atoms with Crippen LogP contribution in [-0.4, -0.2) is 24.1 Å². The van der Waals surface area contributed by atoms with Crippen LogP contribution in [0.25, 0.3) is 0 Å². The van der Waals surface area contributed by atoms with Gasteiger partial charge in [0.1, 0.15) is 5.78 Å². The fourth-order valence-electron chi connectivity index (χ4n) is 3.20. The summed E-state index contributed by atoms with van der Waals surface area (Å²) in [5, 5.41) is 0. The molecule has 0 amide bonds. The molecule has 0 radical (unpaired) electrons. The molecule has 1 saturated heterocycles. The van der Waals surface area contributed by atoms with E-state index in [2.05, 4.69) is 34.6 Å². The van der Waals surface area contributed by atoms with E-state index >= 15 is 0 Å². The SMILES string of the molecule is CCCC1CCC(=O)CC1B1OC(C)(C)C(C)(C)O1. The summed E-state index contributed by atoms with van der Waals surface area (Å²) in [6.07, 6.45) is 4.69. The van der Waals surface area contributed by atoms with Crippen molar-refractivity contribution in [3.05, 3.63) is 0 Å². The summed E-state index contributed by atoms with van der Waals surface area (Å²) >= 11 is 0. The molecule has 0 bridgehead atoms. The lowest BCUT2D eigenvalue weighted by Crippen LogP contribution is -2.41. The number of Topliss-reactive ketones (excluding diaryl/α,β-unsaturated/α-hetero) is 1. The number of carbonyl (C=O) groups excluding carboxylic acids is 1. The zero-order valence-corrected chi connectivity index (χ0v) is 13.0. The average molecular weight is 266 g/mol. The molecule has 1 aliphatic carbocycles. The second kappa shape index (κ2) is 5.21. The first-order valence-electron chi connectivity index (χ1n) is 7.64. The highest BCUT2D eigenvalue weighted by atomic mass is 16.7. The van der Waals surface area contributed by atoms with Crippen molar-refractivity contribution in [2.24, 2.45) is 5.92 Å². The van der Waals surface area contributed by atoms with Gasteiger partial charge in [-0.25, -0.2) is 0 Å². The van der Waals surface area contributed by atoms with E-state index in [0.29, 0.717) is 18.1 Å². The first-order valence-corrected chi connectivity index (χ1v) is 7.64. The van der Waals surface area contributed by atoms with E-state index in [4.69, 9.17) is 9.31 Å². The van der Waals surface area contributed by atoms with Crippen molar-refractivity contribution in [1.82, 2.24) is 0 Å². The van der Waals surface area contributed by atoms with Crippen molar-refractivity contribution in [3.8, 4) is 0 Å². The summed E-state index contributed by atoms with van der Waals surface area (Å²) in [6, 6.07) is 0.